The fraction of sp³-hybridized carbons (Fsp3) is 0.222. The second kappa shape index (κ2) is 7.42. The molecule has 0 spiro atoms. The molecule has 0 atom stereocenters. The Morgan fingerprint density at radius 1 is 1.38 bits per heavy atom. The van der Waals surface area contributed by atoms with E-state index >= 15 is 0 Å². The number of benzene rings is 1. The van der Waals surface area contributed by atoms with Crippen LogP contribution in [0.2, 0.25) is 0 Å². The number of hydrogen-bond acceptors (Lipinski definition) is 1. The van der Waals surface area contributed by atoms with Crippen LogP contribution in [0.15, 0.2) is 30.3 Å². The first kappa shape index (κ1) is 13.0. The van der Waals surface area contributed by atoms with Gasteiger partial charge in [-0.25, -0.2) is 0 Å². The second-order valence-electron chi connectivity index (χ2n) is 2.35. The van der Waals surface area contributed by atoms with Crippen LogP contribution in [-0.4, -0.2) is 11.7 Å². The van der Waals surface area contributed by atoms with Crippen molar-refractivity contribution >= 4 is 23.5 Å². The smallest absolute Gasteiger partial charge is 0.126 e. The molecule has 0 saturated heterocycles. The Kier molecular flexibility index (Phi) is 7.43. The normalized spacial score (nSPS) is 10.4. The van der Waals surface area contributed by atoms with Crippen LogP contribution in [0.4, 0.5) is 5.69 Å². The van der Waals surface area contributed by atoms with Gasteiger partial charge in [0.15, 0.2) is 0 Å². The van der Waals surface area contributed by atoms with E-state index in [-0.39, 0.29) is 32.7 Å². The van der Waals surface area contributed by atoms with Gasteiger partial charge in [-0.15, -0.1) is 0 Å². The van der Waals surface area contributed by atoms with Crippen LogP contribution in [0, 0.1) is 0 Å². The molecule has 2 nitrogen and oxygen atoms in total. The number of anilines is 1. The van der Waals surface area contributed by atoms with Gasteiger partial charge in [-0.2, -0.15) is 0 Å². The van der Waals surface area contributed by atoms with Crippen LogP contribution >= 0.6 is 0 Å². The Morgan fingerprint density at radius 3 is 2.54 bits per heavy atom. The Labute approximate surface area is 110 Å². The molecule has 1 radical (unpaired) electrons. The molecule has 0 aromatic heterocycles. The van der Waals surface area contributed by atoms with Crippen LogP contribution < -0.4 is 10.3 Å². The Morgan fingerprint density at radius 2 is 2.00 bits per heavy atom. The molecule has 0 amide bonds. The molecule has 1 rings (SSSR count). The van der Waals surface area contributed by atoms with E-state index in [0.717, 1.165) is 12.2 Å². The summed E-state index contributed by atoms with van der Waals surface area (Å²) in [6.45, 7) is 2.86. The van der Waals surface area contributed by atoms with E-state index in [2.05, 4.69) is 10.3 Å². The zero-order valence-corrected chi connectivity index (χ0v) is 11.2. The number of para-hydroxylation sites is 1. The molecule has 0 aliphatic carbocycles. The number of hydrogen-bond donors (Lipinski definition) is 2. The van der Waals surface area contributed by atoms with Crippen molar-refractivity contribution in [2.75, 3.05) is 11.9 Å². The van der Waals surface area contributed by atoms with Crippen molar-refractivity contribution in [1.82, 2.24) is 0 Å². The predicted molar refractivity (Wildman–Crippen MR) is 53.9 cm³/mol. The van der Waals surface area contributed by atoms with Gasteiger partial charge in [-0.3, -0.25) is 10.3 Å². The van der Waals surface area contributed by atoms with E-state index in [4.69, 9.17) is 12.6 Å². The van der Waals surface area contributed by atoms with Gasteiger partial charge in [-0.05, 0) is 19.1 Å². The summed E-state index contributed by atoms with van der Waals surface area (Å²) in [7, 11) is 0. The summed E-state index contributed by atoms with van der Waals surface area (Å²) in [5.74, 6) is 0. The van der Waals surface area contributed by atoms with Gasteiger partial charge < -0.3 is 12.6 Å². The van der Waals surface area contributed by atoms with Crippen molar-refractivity contribution in [2.24, 2.45) is 0 Å². The number of rotatable bonds is 2. The zero-order valence-electron chi connectivity index (χ0n) is 7.58. The first-order valence-electron chi connectivity index (χ1n) is 3.93. The van der Waals surface area contributed by atoms with Crippen molar-refractivity contribution in [3.8, 4) is 0 Å². The van der Waals surface area contributed by atoms with Crippen LogP contribution in [0.3, 0.4) is 0 Å². The third-order valence-electron chi connectivity index (χ3n) is 1.37. The molecule has 0 aliphatic rings. The van der Waals surface area contributed by atoms with Crippen LogP contribution in [-0.2, 0) is 45.3 Å². The Hall–Kier alpha value is 0.0139. The summed E-state index contributed by atoms with van der Waals surface area (Å²) >= 11 is 5.01. The largest absolute Gasteiger partial charge is 0.692 e. The predicted octanol–water partition coefficient (Wildman–Crippen LogP) is 0.0994. The first-order valence-corrected chi connectivity index (χ1v) is 4.33. The molecule has 0 aliphatic heterocycles. The van der Waals surface area contributed by atoms with Gasteiger partial charge >= 0.3 is 0 Å². The van der Waals surface area contributed by atoms with Gasteiger partial charge in [0.2, 0.25) is 0 Å². The van der Waals surface area contributed by atoms with Gasteiger partial charge in [0.25, 0.3) is 0 Å². The molecule has 0 unspecified atom stereocenters. The van der Waals surface area contributed by atoms with Crippen LogP contribution in [0.5, 0.6) is 0 Å². The van der Waals surface area contributed by atoms with Crippen molar-refractivity contribution in [3.63, 3.8) is 0 Å². The number of amidine groups is 1. The summed E-state index contributed by atoms with van der Waals surface area (Å²) < 4.78 is 0. The average molecular weight is 269 g/mol. The average Bonchev–Trinajstić information content (AvgIpc) is 2.06. The second-order valence-corrected chi connectivity index (χ2v) is 2.76. The van der Waals surface area contributed by atoms with E-state index in [1.54, 1.807) is 0 Å². The van der Waals surface area contributed by atoms with Crippen molar-refractivity contribution in [1.29, 1.82) is 0 Å². The third kappa shape index (κ3) is 5.34. The van der Waals surface area contributed by atoms with Gasteiger partial charge in [0, 0.05) is 32.7 Å². The quantitative estimate of drug-likeness (QED) is 0.452. The molecule has 0 bridgehead atoms. The summed E-state index contributed by atoms with van der Waals surface area (Å²) in [5.41, 5.74) is 1.02. The zero-order chi connectivity index (χ0) is 8.81. The fourth-order valence-corrected chi connectivity index (χ4v) is 1.12. The van der Waals surface area contributed by atoms with E-state index < -0.39 is 0 Å². The molecule has 1 aromatic rings. The SMILES string of the molecule is CC[NH+]=C([S-])Nc1ccccc1.[Y]. The molecule has 13 heavy (non-hydrogen) atoms. The van der Waals surface area contributed by atoms with Gasteiger partial charge in [-0.1, -0.05) is 18.2 Å². The molecule has 2 N–H and O–H groups in total. The summed E-state index contributed by atoms with van der Waals surface area (Å²) in [6.07, 6.45) is 0. The minimum absolute atomic E-state index is 0. The molecule has 0 heterocycles. The summed E-state index contributed by atoms with van der Waals surface area (Å²) in [6, 6.07) is 9.86. The topological polar surface area (TPSA) is 26.0 Å². The van der Waals surface area contributed by atoms with Crippen LogP contribution in [0.1, 0.15) is 6.92 Å². The Balaban J connectivity index is 0.00000144. The van der Waals surface area contributed by atoms with Gasteiger partial charge in [0.1, 0.15) is 10.9 Å². The van der Waals surface area contributed by atoms with Crippen molar-refractivity contribution in [2.45, 2.75) is 6.92 Å². The number of nitrogens with one attached hydrogen (secondary N) is 2. The molecule has 0 fully saturated rings. The Bertz CT molecular complexity index is 262. The van der Waals surface area contributed by atoms with E-state index in [1.807, 2.05) is 37.3 Å². The minimum Gasteiger partial charge on any atom is -0.692 e. The van der Waals surface area contributed by atoms with E-state index in [9.17, 15) is 0 Å². The molecule has 0 saturated carbocycles. The van der Waals surface area contributed by atoms with E-state index in [0.29, 0.717) is 5.17 Å². The fourth-order valence-electron chi connectivity index (χ4n) is 0.857. The molecule has 1 aromatic carbocycles. The van der Waals surface area contributed by atoms with E-state index in [1.165, 1.54) is 0 Å². The van der Waals surface area contributed by atoms with Crippen molar-refractivity contribution < 1.29 is 37.7 Å². The molecule has 67 valence electrons. The third-order valence-corrected chi connectivity index (χ3v) is 1.62. The maximum Gasteiger partial charge on any atom is 0.126 e. The van der Waals surface area contributed by atoms with Crippen molar-refractivity contribution in [3.05, 3.63) is 30.3 Å². The molecular weight excluding hydrogens is 257 g/mol. The minimum atomic E-state index is 0. The monoisotopic (exact) mass is 269 g/mol. The maximum atomic E-state index is 5.01. The molecule has 4 heteroatoms. The maximum absolute atomic E-state index is 5.01. The van der Waals surface area contributed by atoms with Crippen LogP contribution in [0.25, 0.3) is 0 Å². The summed E-state index contributed by atoms with van der Waals surface area (Å²) in [4.78, 5) is 3.01. The molecular formula is C9H12N2SY. The van der Waals surface area contributed by atoms with Gasteiger partial charge in [0.05, 0.1) is 6.54 Å². The standard InChI is InChI=1S/C9H12N2S.Y/c1-2-10-9(12)11-8-6-4-3-5-7-8;/h3-7H,2H2,1H3,(H2,10,11,12);. The first-order chi connectivity index (χ1) is 5.83. The summed E-state index contributed by atoms with van der Waals surface area (Å²) in [5, 5.41) is 3.73.